The van der Waals surface area contributed by atoms with Crippen molar-refractivity contribution < 1.29 is 47.4 Å². The number of amides is 1. The largest absolute Gasteiger partial charge is 0.490 e. The molecule has 1 rings (SSSR count). The molecule has 0 aromatic carbocycles. The van der Waals surface area contributed by atoms with Crippen LogP contribution in [0, 0.1) is 11.8 Å². The molecule has 0 radical (unpaired) electrons. The van der Waals surface area contributed by atoms with E-state index in [-0.39, 0.29) is 36.9 Å². The zero-order valence-electron chi connectivity index (χ0n) is 17.8. The standard InChI is InChI=1S/C15H27N5O5.C2HF3O2/c1-8(21)18-13(12(22)4-5-20(2)25-3)10-6-9(14(23)24)7-11(10)19-15(16)17;3-2(4,5)1(6)7/h9-11,13H,4-7H2,1-3H3,(H,18,21)(H,23,24)(H4,16,17,19);(H,6,7)/t9?,10-,11-,13?;/m0./s1. The Morgan fingerprint density at radius 1 is 1.22 bits per heavy atom. The minimum absolute atomic E-state index is 0.137. The quantitative estimate of drug-likeness (QED) is 0.163. The highest BCUT2D eigenvalue weighted by Crippen LogP contribution is 2.36. The molecule has 15 heteroatoms. The number of aliphatic imine (C=N–C) groups is 1. The molecule has 0 saturated heterocycles. The second kappa shape index (κ2) is 12.8. The van der Waals surface area contributed by atoms with Crippen molar-refractivity contribution in [3.05, 3.63) is 0 Å². The van der Waals surface area contributed by atoms with Gasteiger partial charge >= 0.3 is 18.1 Å². The van der Waals surface area contributed by atoms with Gasteiger partial charge in [0.05, 0.1) is 25.1 Å². The predicted octanol–water partition coefficient (Wildman–Crippen LogP) is -0.670. The zero-order valence-corrected chi connectivity index (χ0v) is 17.8. The van der Waals surface area contributed by atoms with E-state index in [1.54, 1.807) is 7.05 Å². The molecule has 0 heterocycles. The van der Waals surface area contributed by atoms with E-state index < -0.39 is 42.0 Å². The number of carbonyl (C=O) groups is 4. The minimum atomic E-state index is -5.08. The van der Waals surface area contributed by atoms with Crippen molar-refractivity contribution in [2.75, 3.05) is 20.7 Å². The molecule has 184 valence electrons. The fraction of sp³-hybridized carbons (Fsp3) is 0.706. The van der Waals surface area contributed by atoms with Crippen molar-refractivity contribution >= 4 is 29.6 Å². The van der Waals surface area contributed by atoms with Crippen LogP contribution in [0.5, 0.6) is 0 Å². The second-order valence-corrected chi connectivity index (χ2v) is 7.02. The van der Waals surface area contributed by atoms with Crippen molar-refractivity contribution in [1.29, 1.82) is 0 Å². The molecular formula is C17H28F3N5O7. The third-order valence-electron chi connectivity index (χ3n) is 4.60. The van der Waals surface area contributed by atoms with Crippen molar-refractivity contribution in [2.24, 2.45) is 28.3 Å². The molecular weight excluding hydrogens is 443 g/mol. The molecule has 1 aliphatic carbocycles. The zero-order chi connectivity index (χ0) is 25.2. The number of carboxylic acids is 2. The van der Waals surface area contributed by atoms with Gasteiger partial charge < -0.3 is 31.8 Å². The normalized spacial score (nSPS) is 21.2. The van der Waals surface area contributed by atoms with Crippen molar-refractivity contribution in [3.8, 4) is 0 Å². The van der Waals surface area contributed by atoms with Crippen LogP contribution >= 0.6 is 0 Å². The monoisotopic (exact) mass is 471 g/mol. The predicted molar refractivity (Wildman–Crippen MR) is 104 cm³/mol. The summed E-state index contributed by atoms with van der Waals surface area (Å²) in [7, 11) is 3.16. The molecule has 0 aliphatic heterocycles. The summed E-state index contributed by atoms with van der Waals surface area (Å²) in [5.41, 5.74) is 10.9. The van der Waals surface area contributed by atoms with E-state index >= 15 is 0 Å². The first-order chi connectivity index (χ1) is 14.6. The number of aliphatic carboxylic acids is 2. The van der Waals surface area contributed by atoms with Crippen LogP contribution in [0.4, 0.5) is 13.2 Å². The van der Waals surface area contributed by atoms with Gasteiger partial charge in [0, 0.05) is 32.9 Å². The number of hydrogen-bond acceptors (Lipinski definition) is 7. The van der Waals surface area contributed by atoms with E-state index in [1.165, 1.54) is 19.1 Å². The van der Waals surface area contributed by atoms with Crippen molar-refractivity contribution in [3.63, 3.8) is 0 Å². The van der Waals surface area contributed by atoms with Crippen LogP contribution in [0.2, 0.25) is 0 Å². The lowest BCUT2D eigenvalue weighted by molar-refractivity contribution is -0.192. The van der Waals surface area contributed by atoms with Crippen LogP contribution in [0.1, 0.15) is 26.2 Å². The number of nitrogens with two attached hydrogens (primary N) is 2. The van der Waals surface area contributed by atoms with E-state index in [0.717, 1.165) is 0 Å². The molecule has 1 saturated carbocycles. The lowest BCUT2D eigenvalue weighted by Crippen LogP contribution is -2.48. The molecule has 0 aromatic rings. The first kappa shape index (κ1) is 29.1. The van der Waals surface area contributed by atoms with Gasteiger partial charge in [-0.05, 0) is 12.8 Å². The number of rotatable bonds is 9. The molecule has 0 aromatic heterocycles. The van der Waals surface area contributed by atoms with Gasteiger partial charge in [-0.3, -0.25) is 14.4 Å². The molecule has 7 N–H and O–H groups in total. The minimum Gasteiger partial charge on any atom is -0.481 e. The van der Waals surface area contributed by atoms with Crippen LogP contribution in [0.15, 0.2) is 4.99 Å². The van der Waals surface area contributed by atoms with Crippen LogP contribution in [0.25, 0.3) is 0 Å². The maximum absolute atomic E-state index is 12.6. The smallest absolute Gasteiger partial charge is 0.481 e. The number of hydroxylamine groups is 2. The molecule has 12 nitrogen and oxygen atoms in total. The number of nitrogens with zero attached hydrogens (tertiary/aromatic N) is 2. The van der Waals surface area contributed by atoms with Gasteiger partial charge in [0.25, 0.3) is 0 Å². The van der Waals surface area contributed by atoms with Gasteiger partial charge in [-0.1, -0.05) is 0 Å². The Morgan fingerprint density at radius 2 is 1.75 bits per heavy atom. The van der Waals surface area contributed by atoms with Crippen LogP contribution < -0.4 is 16.8 Å². The topological polar surface area (TPSA) is 198 Å². The lowest BCUT2D eigenvalue weighted by atomic mass is 9.89. The number of hydrogen-bond donors (Lipinski definition) is 5. The Labute approximate surface area is 181 Å². The Balaban J connectivity index is 0.00000118. The summed E-state index contributed by atoms with van der Waals surface area (Å²) in [5.74, 6) is -5.63. The number of ketones is 1. The summed E-state index contributed by atoms with van der Waals surface area (Å²) in [6.07, 6.45) is -4.51. The van der Waals surface area contributed by atoms with E-state index in [1.807, 2.05) is 0 Å². The molecule has 0 bridgehead atoms. The van der Waals surface area contributed by atoms with Crippen LogP contribution in [0.3, 0.4) is 0 Å². The van der Waals surface area contributed by atoms with Crippen molar-refractivity contribution in [1.82, 2.24) is 10.4 Å². The molecule has 2 unspecified atom stereocenters. The highest BCUT2D eigenvalue weighted by molar-refractivity contribution is 5.89. The average Bonchev–Trinajstić information content (AvgIpc) is 3.06. The summed E-state index contributed by atoms with van der Waals surface area (Å²) in [6.45, 7) is 1.65. The highest BCUT2D eigenvalue weighted by atomic mass is 19.4. The van der Waals surface area contributed by atoms with E-state index in [0.29, 0.717) is 6.54 Å². The van der Waals surface area contributed by atoms with Gasteiger partial charge in [-0.2, -0.15) is 18.2 Å². The third-order valence-corrected chi connectivity index (χ3v) is 4.60. The summed E-state index contributed by atoms with van der Waals surface area (Å²) < 4.78 is 31.7. The molecule has 32 heavy (non-hydrogen) atoms. The second-order valence-electron chi connectivity index (χ2n) is 7.02. The lowest BCUT2D eigenvalue weighted by Gasteiger charge is -2.27. The number of halogens is 3. The molecule has 4 atom stereocenters. The highest BCUT2D eigenvalue weighted by Gasteiger charge is 2.44. The Morgan fingerprint density at radius 3 is 2.12 bits per heavy atom. The van der Waals surface area contributed by atoms with E-state index in [4.69, 9.17) is 26.2 Å². The SMILES string of the molecule is CON(C)CCC(=O)C(NC(C)=O)[C@H]1CC(C(=O)O)C[C@@H]1N=C(N)N.O=C(O)C(F)(F)F. The Bertz CT molecular complexity index is 713. The number of guanidine groups is 1. The Hall–Kier alpha value is -2.94. The fourth-order valence-corrected chi connectivity index (χ4v) is 3.11. The van der Waals surface area contributed by atoms with Crippen LogP contribution in [-0.2, 0) is 24.0 Å². The summed E-state index contributed by atoms with van der Waals surface area (Å²) in [5, 5.41) is 20.5. The van der Waals surface area contributed by atoms with Gasteiger partial charge in [0.2, 0.25) is 5.91 Å². The van der Waals surface area contributed by atoms with Gasteiger partial charge in [-0.15, -0.1) is 0 Å². The maximum Gasteiger partial charge on any atom is 0.490 e. The van der Waals surface area contributed by atoms with Gasteiger partial charge in [0.15, 0.2) is 11.7 Å². The number of Topliss-reactive ketones (excluding diaryl/α,β-unsaturated/α-hetero) is 1. The molecule has 1 amide bonds. The number of carbonyl (C=O) groups excluding carboxylic acids is 2. The number of nitrogens with one attached hydrogen (secondary N) is 1. The summed E-state index contributed by atoms with van der Waals surface area (Å²) in [6, 6.07) is -1.38. The van der Waals surface area contributed by atoms with Gasteiger partial charge in [-0.25, -0.2) is 9.79 Å². The maximum atomic E-state index is 12.6. The fourth-order valence-electron chi connectivity index (χ4n) is 3.11. The number of carboxylic acid groups (broad SMARTS) is 2. The molecule has 0 spiro atoms. The van der Waals surface area contributed by atoms with Crippen LogP contribution in [-0.4, -0.2) is 83.8 Å². The van der Waals surface area contributed by atoms with Crippen molar-refractivity contribution in [2.45, 2.75) is 44.4 Å². The Kier molecular flexibility index (Phi) is 11.6. The first-order valence-electron chi connectivity index (χ1n) is 9.26. The molecule has 1 aliphatic rings. The third kappa shape index (κ3) is 10.4. The average molecular weight is 471 g/mol. The molecule has 1 fully saturated rings. The number of alkyl halides is 3. The first-order valence-corrected chi connectivity index (χ1v) is 9.26. The summed E-state index contributed by atoms with van der Waals surface area (Å²) >= 11 is 0. The van der Waals surface area contributed by atoms with E-state index in [2.05, 4.69) is 10.3 Å². The summed E-state index contributed by atoms with van der Waals surface area (Å²) in [4.78, 5) is 53.5. The van der Waals surface area contributed by atoms with E-state index in [9.17, 15) is 32.7 Å². The van der Waals surface area contributed by atoms with Gasteiger partial charge in [0.1, 0.15) is 0 Å².